The Labute approximate surface area is 292 Å². The van der Waals surface area contributed by atoms with Gasteiger partial charge in [0.1, 0.15) is 24.3 Å². The third-order valence-corrected chi connectivity index (χ3v) is 10.2. The van der Waals surface area contributed by atoms with Crippen molar-refractivity contribution in [3.8, 4) is 11.4 Å². The summed E-state index contributed by atoms with van der Waals surface area (Å²) in [4.78, 5) is 50.1. The van der Waals surface area contributed by atoms with E-state index in [1.54, 1.807) is 65.2 Å². The van der Waals surface area contributed by atoms with Gasteiger partial charge in [0.25, 0.3) is 11.8 Å². The molecule has 0 N–H and O–H groups in total. The van der Waals surface area contributed by atoms with Crippen LogP contribution < -0.4 is 9.64 Å². The summed E-state index contributed by atoms with van der Waals surface area (Å²) in [6.45, 7) is 9.42. The standard InChI is InChI=1S/C36H34FN7O6Si/c1-21(31-29(42-12-8-11-38-42)16-23-19-39-43(32(23)41-31)20-49-13-14-51(3,4)5)50-30-17-22-15-26(36(47)48-2)27(37)18-28(22)40-33(30)44-34(45)24-9-6-7-10-25(24)35(44)46/h6-12,15-19,21H,13-14,20H2,1-5H3. The van der Waals surface area contributed by atoms with E-state index in [9.17, 15) is 14.4 Å². The molecule has 0 aliphatic carbocycles. The number of carbonyl (C=O) groups excluding carboxylic acids is 3. The lowest BCUT2D eigenvalue weighted by Gasteiger charge is -2.22. The zero-order valence-electron chi connectivity index (χ0n) is 28.6. The van der Waals surface area contributed by atoms with Crippen LogP contribution in [0.3, 0.4) is 0 Å². The quantitative estimate of drug-likeness (QED) is 0.0647. The fourth-order valence-corrected chi connectivity index (χ4v) is 6.59. The lowest BCUT2D eigenvalue weighted by molar-refractivity contribution is 0.0595. The zero-order valence-corrected chi connectivity index (χ0v) is 29.6. The molecule has 260 valence electrons. The summed E-state index contributed by atoms with van der Waals surface area (Å²) in [7, 11) is -0.143. The van der Waals surface area contributed by atoms with E-state index in [1.807, 2.05) is 6.07 Å². The molecule has 13 nitrogen and oxygen atoms in total. The van der Waals surface area contributed by atoms with Crippen molar-refractivity contribution in [3.63, 3.8) is 0 Å². The molecule has 51 heavy (non-hydrogen) atoms. The molecule has 1 aliphatic rings. The van der Waals surface area contributed by atoms with Crippen molar-refractivity contribution in [1.29, 1.82) is 0 Å². The summed E-state index contributed by atoms with van der Waals surface area (Å²) in [6, 6.07) is 14.9. The minimum absolute atomic E-state index is 0.0171. The minimum atomic E-state index is -1.29. The molecular weight excluding hydrogens is 674 g/mol. The largest absolute Gasteiger partial charge is 0.480 e. The Balaban J connectivity index is 1.33. The SMILES string of the molecule is COC(=O)c1cc2cc(OC(C)c3nc4c(cnn4COCC[Si](C)(C)C)cc3-n3cccn3)c(N3C(=O)c4ccccc4C3=O)nc2cc1F. The number of rotatable bonds is 11. The molecule has 6 aromatic rings. The summed E-state index contributed by atoms with van der Waals surface area (Å²) < 4.78 is 35.7. The van der Waals surface area contributed by atoms with Crippen LogP contribution in [0.15, 0.2) is 73.2 Å². The Bertz CT molecular complexity index is 2300. The van der Waals surface area contributed by atoms with Crippen molar-refractivity contribution in [2.24, 2.45) is 0 Å². The number of aromatic nitrogens is 6. The monoisotopic (exact) mass is 707 g/mol. The van der Waals surface area contributed by atoms with Crippen LogP contribution in [-0.2, 0) is 16.2 Å². The highest BCUT2D eigenvalue weighted by molar-refractivity contribution is 6.76. The second-order valence-corrected chi connectivity index (χ2v) is 18.9. The molecular formula is C36H34FN7O6Si. The number of nitrogens with zero attached hydrogens (tertiary/aromatic N) is 7. The number of esters is 1. The van der Waals surface area contributed by atoms with Gasteiger partial charge < -0.3 is 14.2 Å². The van der Waals surface area contributed by atoms with Crippen molar-refractivity contribution < 1.29 is 33.0 Å². The molecule has 4 aromatic heterocycles. The highest BCUT2D eigenvalue weighted by atomic mass is 28.3. The van der Waals surface area contributed by atoms with Crippen LogP contribution in [0.1, 0.15) is 49.8 Å². The van der Waals surface area contributed by atoms with Gasteiger partial charge in [-0.05, 0) is 49.4 Å². The summed E-state index contributed by atoms with van der Waals surface area (Å²) in [5, 5.41) is 10.0. The summed E-state index contributed by atoms with van der Waals surface area (Å²) in [5.74, 6) is -3.10. The molecule has 1 unspecified atom stereocenters. The van der Waals surface area contributed by atoms with E-state index in [2.05, 4.69) is 34.8 Å². The highest BCUT2D eigenvalue weighted by Gasteiger charge is 2.39. The third-order valence-electron chi connectivity index (χ3n) is 8.53. The van der Waals surface area contributed by atoms with Crippen molar-refractivity contribution >= 4 is 53.6 Å². The second-order valence-electron chi connectivity index (χ2n) is 13.3. The maximum Gasteiger partial charge on any atom is 0.340 e. The van der Waals surface area contributed by atoms with Gasteiger partial charge in [-0.2, -0.15) is 10.2 Å². The van der Waals surface area contributed by atoms with Gasteiger partial charge in [0.05, 0.1) is 41.2 Å². The van der Waals surface area contributed by atoms with Crippen LogP contribution in [0, 0.1) is 5.82 Å². The molecule has 5 heterocycles. The normalized spacial score (nSPS) is 13.6. The van der Waals surface area contributed by atoms with Crippen LogP contribution in [-0.4, -0.2) is 69.1 Å². The van der Waals surface area contributed by atoms with E-state index in [0.29, 0.717) is 29.0 Å². The molecule has 0 radical (unpaired) electrons. The van der Waals surface area contributed by atoms with Crippen molar-refractivity contribution in [3.05, 3.63) is 101 Å². The van der Waals surface area contributed by atoms with E-state index in [0.717, 1.165) is 29.5 Å². The number of halogens is 1. The van der Waals surface area contributed by atoms with E-state index in [4.69, 9.17) is 19.2 Å². The Morgan fingerprint density at radius 1 is 0.961 bits per heavy atom. The van der Waals surface area contributed by atoms with Gasteiger partial charge >= 0.3 is 5.97 Å². The first kappa shape index (κ1) is 33.7. The molecule has 0 fully saturated rings. The molecule has 1 atom stereocenters. The number of hydrogen-bond acceptors (Lipinski definition) is 10. The molecule has 0 spiro atoms. The van der Waals surface area contributed by atoms with Gasteiger partial charge in [0, 0.05) is 43.9 Å². The third kappa shape index (κ3) is 6.36. The van der Waals surface area contributed by atoms with Crippen LogP contribution in [0.4, 0.5) is 10.2 Å². The zero-order chi connectivity index (χ0) is 36.0. The number of hydrogen-bond donors (Lipinski definition) is 0. The number of carbonyl (C=O) groups is 3. The van der Waals surface area contributed by atoms with Gasteiger partial charge in [-0.25, -0.2) is 33.4 Å². The molecule has 1 aliphatic heterocycles. The van der Waals surface area contributed by atoms with Gasteiger partial charge in [-0.1, -0.05) is 31.8 Å². The van der Waals surface area contributed by atoms with Crippen LogP contribution in [0.5, 0.6) is 5.75 Å². The first-order valence-corrected chi connectivity index (χ1v) is 20.0. The van der Waals surface area contributed by atoms with Crippen LogP contribution in [0.25, 0.3) is 27.6 Å². The first-order valence-electron chi connectivity index (χ1n) is 16.2. The summed E-state index contributed by atoms with van der Waals surface area (Å²) >= 11 is 0. The average Bonchev–Trinajstić information content (AvgIpc) is 3.84. The molecule has 7 rings (SSSR count). The molecule has 0 bridgehead atoms. The number of fused-ring (bicyclic) bond motifs is 3. The predicted molar refractivity (Wildman–Crippen MR) is 188 cm³/mol. The van der Waals surface area contributed by atoms with E-state index < -0.39 is 37.8 Å². The number of ether oxygens (including phenoxy) is 3. The second kappa shape index (κ2) is 13.1. The fourth-order valence-electron chi connectivity index (χ4n) is 5.84. The number of anilines is 1. The van der Waals surface area contributed by atoms with E-state index in [1.165, 1.54) is 12.1 Å². The highest BCUT2D eigenvalue weighted by Crippen LogP contribution is 2.39. The molecule has 15 heteroatoms. The van der Waals surface area contributed by atoms with Crippen molar-refractivity contribution in [2.75, 3.05) is 18.6 Å². The van der Waals surface area contributed by atoms with E-state index in [-0.39, 0.29) is 40.5 Å². The predicted octanol–water partition coefficient (Wildman–Crippen LogP) is 6.34. The molecule has 2 amide bonds. The smallest absolute Gasteiger partial charge is 0.340 e. The lowest BCUT2D eigenvalue weighted by atomic mass is 10.1. The van der Waals surface area contributed by atoms with Crippen LogP contribution in [0.2, 0.25) is 25.7 Å². The Kier molecular flexibility index (Phi) is 8.68. The van der Waals surface area contributed by atoms with Gasteiger partial charge in [0.15, 0.2) is 17.2 Å². The summed E-state index contributed by atoms with van der Waals surface area (Å²) in [6.07, 6.45) is 4.28. The summed E-state index contributed by atoms with van der Waals surface area (Å²) in [5.41, 5.74) is 1.78. The molecule has 0 saturated heterocycles. The number of benzene rings is 2. The lowest BCUT2D eigenvalue weighted by Crippen LogP contribution is -2.31. The molecule has 2 aromatic carbocycles. The Hall–Kier alpha value is -5.80. The van der Waals surface area contributed by atoms with Crippen molar-refractivity contribution in [1.82, 2.24) is 29.5 Å². The number of imide groups is 1. The van der Waals surface area contributed by atoms with Gasteiger partial charge in [-0.3, -0.25) is 9.59 Å². The maximum atomic E-state index is 15.1. The van der Waals surface area contributed by atoms with Gasteiger partial charge in [-0.15, -0.1) is 0 Å². The van der Waals surface area contributed by atoms with Crippen molar-refractivity contribution in [2.45, 2.75) is 45.4 Å². The van der Waals surface area contributed by atoms with Gasteiger partial charge in [0.2, 0.25) is 0 Å². The van der Waals surface area contributed by atoms with E-state index >= 15 is 4.39 Å². The Morgan fingerprint density at radius 3 is 2.37 bits per heavy atom. The first-order chi connectivity index (χ1) is 24.4. The fraction of sp³-hybridized carbons (Fsp3) is 0.250. The number of amides is 2. The number of pyridine rings is 2. The number of methoxy groups -OCH3 is 1. The Morgan fingerprint density at radius 2 is 1.71 bits per heavy atom. The van der Waals surface area contributed by atoms with Crippen LogP contribution >= 0.6 is 0 Å². The average molecular weight is 708 g/mol. The topological polar surface area (TPSA) is 144 Å². The molecule has 0 saturated carbocycles. The maximum absolute atomic E-state index is 15.1. The minimum Gasteiger partial charge on any atom is -0.480 e.